The van der Waals surface area contributed by atoms with Gasteiger partial charge in [-0.1, -0.05) is 18.2 Å². The lowest BCUT2D eigenvalue weighted by molar-refractivity contribution is 0.534. The largest absolute Gasteiger partial charge is 0.448 e. The zero-order chi connectivity index (χ0) is 12.8. The van der Waals surface area contributed by atoms with Gasteiger partial charge >= 0.3 is 0 Å². The molecule has 0 saturated heterocycles. The van der Waals surface area contributed by atoms with E-state index in [9.17, 15) is 0 Å². The van der Waals surface area contributed by atoms with Crippen molar-refractivity contribution in [2.24, 2.45) is 5.10 Å². The third kappa shape index (κ3) is 3.97. The molecule has 18 heavy (non-hydrogen) atoms. The Morgan fingerprint density at radius 3 is 2.67 bits per heavy atom. The number of rotatable bonds is 3. The van der Waals surface area contributed by atoms with Crippen LogP contribution < -0.4 is 10.7 Å². The summed E-state index contributed by atoms with van der Waals surface area (Å²) in [5.74, 6) is 0.636. The summed E-state index contributed by atoms with van der Waals surface area (Å²) in [5.41, 5.74) is 3.61. The predicted octanol–water partition coefficient (Wildman–Crippen LogP) is 3.36. The van der Waals surface area contributed by atoms with Crippen molar-refractivity contribution < 1.29 is 4.42 Å². The Morgan fingerprint density at radius 2 is 2.00 bits per heavy atom. The summed E-state index contributed by atoms with van der Waals surface area (Å²) in [6, 6.07) is 13.2. The zero-order valence-corrected chi connectivity index (χ0v) is 11.7. The highest BCUT2D eigenvalue weighted by Crippen LogP contribution is 2.12. The summed E-state index contributed by atoms with van der Waals surface area (Å²) in [4.78, 5) is 0. The molecule has 2 N–H and O–H groups in total. The molecule has 0 fully saturated rings. The van der Waals surface area contributed by atoms with E-state index in [1.54, 1.807) is 18.3 Å². The monoisotopic (exact) mass is 323 g/mol. The van der Waals surface area contributed by atoms with Crippen molar-refractivity contribution in [1.29, 1.82) is 0 Å². The van der Waals surface area contributed by atoms with Gasteiger partial charge in [-0.05, 0) is 52.4 Å². The van der Waals surface area contributed by atoms with Crippen LogP contribution in [-0.2, 0) is 0 Å². The van der Waals surface area contributed by atoms with E-state index < -0.39 is 0 Å². The summed E-state index contributed by atoms with van der Waals surface area (Å²) < 4.78 is 5.91. The standard InChI is InChI=1S/C12H10BrN3OS/c13-11-7-6-10(17-11)8-14-16-12(18)15-9-4-2-1-3-5-9/h1-8H,(H2,15,16,18). The van der Waals surface area contributed by atoms with Gasteiger partial charge in [0.1, 0.15) is 5.76 Å². The number of para-hydroxylation sites is 1. The van der Waals surface area contributed by atoms with Crippen LogP contribution in [0, 0.1) is 0 Å². The third-order valence-electron chi connectivity index (χ3n) is 1.98. The van der Waals surface area contributed by atoms with Gasteiger partial charge in [-0.3, -0.25) is 5.43 Å². The van der Waals surface area contributed by atoms with E-state index in [0.717, 1.165) is 5.69 Å². The highest BCUT2D eigenvalue weighted by molar-refractivity contribution is 9.10. The molecule has 1 aromatic carbocycles. The maximum atomic E-state index is 5.25. The molecule has 0 bridgehead atoms. The van der Waals surface area contributed by atoms with Crippen LogP contribution in [0.2, 0.25) is 0 Å². The minimum atomic E-state index is 0.420. The third-order valence-corrected chi connectivity index (χ3v) is 2.60. The van der Waals surface area contributed by atoms with Crippen LogP contribution in [0.3, 0.4) is 0 Å². The lowest BCUT2D eigenvalue weighted by atomic mass is 10.3. The minimum absolute atomic E-state index is 0.420. The average Bonchev–Trinajstić information content (AvgIpc) is 2.76. The summed E-state index contributed by atoms with van der Waals surface area (Å²) in [6.07, 6.45) is 1.55. The van der Waals surface area contributed by atoms with E-state index in [2.05, 4.69) is 31.8 Å². The lowest BCUT2D eigenvalue weighted by Crippen LogP contribution is -2.23. The van der Waals surface area contributed by atoms with Crippen LogP contribution in [0.25, 0.3) is 0 Å². The lowest BCUT2D eigenvalue weighted by Gasteiger charge is -2.05. The van der Waals surface area contributed by atoms with Gasteiger partial charge in [0.2, 0.25) is 0 Å². The van der Waals surface area contributed by atoms with Gasteiger partial charge in [0.05, 0.1) is 6.21 Å². The molecular formula is C12H10BrN3OS. The second kappa shape index (κ2) is 6.32. The molecule has 2 rings (SSSR count). The normalized spacial score (nSPS) is 10.5. The predicted molar refractivity (Wildman–Crippen MR) is 79.8 cm³/mol. The minimum Gasteiger partial charge on any atom is -0.448 e. The highest BCUT2D eigenvalue weighted by atomic mass is 79.9. The van der Waals surface area contributed by atoms with E-state index in [4.69, 9.17) is 16.6 Å². The Balaban J connectivity index is 1.83. The summed E-state index contributed by atoms with van der Waals surface area (Å²) in [5, 5.41) is 7.38. The fourth-order valence-electron chi connectivity index (χ4n) is 1.23. The van der Waals surface area contributed by atoms with Crippen molar-refractivity contribution >= 4 is 45.2 Å². The molecule has 92 valence electrons. The van der Waals surface area contributed by atoms with Crippen LogP contribution >= 0.6 is 28.1 Å². The number of hydrazone groups is 1. The molecule has 2 aromatic rings. The fourth-order valence-corrected chi connectivity index (χ4v) is 1.72. The van der Waals surface area contributed by atoms with Gasteiger partial charge in [-0.25, -0.2) is 0 Å². The molecule has 1 heterocycles. The first-order valence-corrected chi connectivity index (χ1v) is 6.34. The van der Waals surface area contributed by atoms with Gasteiger partial charge in [-0.15, -0.1) is 0 Å². The first-order valence-electron chi connectivity index (χ1n) is 5.14. The first-order chi connectivity index (χ1) is 8.74. The Hall–Kier alpha value is -1.66. The molecule has 0 saturated carbocycles. The van der Waals surface area contributed by atoms with Crippen LogP contribution in [0.15, 0.2) is 56.7 Å². The second-order valence-corrected chi connectivity index (χ2v) is 4.52. The second-order valence-electron chi connectivity index (χ2n) is 3.33. The van der Waals surface area contributed by atoms with Gasteiger partial charge in [-0.2, -0.15) is 5.10 Å². The SMILES string of the molecule is S=C(NN=Cc1ccc(Br)o1)Nc1ccccc1. The molecule has 4 nitrogen and oxygen atoms in total. The maximum absolute atomic E-state index is 5.25. The Kier molecular flexibility index (Phi) is 4.49. The molecule has 0 aliphatic heterocycles. The van der Waals surface area contributed by atoms with Crippen molar-refractivity contribution in [2.75, 3.05) is 5.32 Å². The van der Waals surface area contributed by atoms with Crippen molar-refractivity contribution in [3.63, 3.8) is 0 Å². The molecule has 0 spiro atoms. The molecule has 0 radical (unpaired) electrons. The number of furan rings is 1. The Labute approximate surface area is 118 Å². The average molecular weight is 324 g/mol. The smallest absolute Gasteiger partial charge is 0.191 e. The molecule has 0 atom stereocenters. The van der Waals surface area contributed by atoms with Gasteiger partial charge in [0, 0.05) is 5.69 Å². The van der Waals surface area contributed by atoms with E-state index in [1.807, 2.05) is 30.3 Å². The van der Waals surface area contributed by atoms with Crippen LogP contribution in [-0.4, -0.2) is 11.3 Å². The quantitative estimate of drug-likeness (QED) is 0.516. The Morgan fingerprint density at radius 1 is 1.22 bits per heavy atom. The molecule has 0 amide bonds. The van der Waals surface area contributed by atoms with Gasteiger partial charge in [0.15, 0.2) is 9.78 Å². The number of benzene rings is 1. The fraction of sp³-hybridized carbons (Fsp3) is 0. The van der Waals surface area contributed by atoms with Crippen molar-refractivity contribution in [1.82, 2.24) is 5.43 Å². The number of nitrogens with zero attached hydrogens (tertiary/aromatic N) is 1. The number of halogens is 1. The molecule has 0 aliphatic carbocycles. The van der Waals surface area contributed by atoms with E-state index in [-0.39, 0.29) is 0 Å². The molecule has 6 heteroatoms. The highest BCUT2D eigenvalue weighted by Gasteiger charge is 1.96. The summed E-state index contributed by atoms with van der Waals surface area (Å²) in [7, 11) is 0. The number of thiocarbonyl (C=S) groups is 1. The van der Waals surface area contributed by atoms with Crippen molar-refractivity contribution in [2.45, 2.75) is 0 Å². The van der Waals surface area contributed by atoms with Crippen LogP contribution in [0.5, 0.6) is 0 Å². The molecule has 0 aliphatic rings. The Bertz CT molecular complexity index is 553. The van der Waals surface area contributed by atoms with Gasteiger partial charge in [0.25, 0.3) is 0 Å². The summed E-state index contributed by atoms with van der Waals surface area (Å²) >= 11 is 8.29. The maximum Gasteiger partial charge on any atom is 0.191 e. The van der Waals surface area contributed by atoms with Crippen molar-refractivity contribution in [3.05, 3.63) is 52.9 Å². The topological polar surface area (TPSA) is 49.6 Å². The molecular weight excluding hydrogens is 314 g/mol. The molecule has 1 aromatic heterocycles. The number of hydrogen-bond donors (Lipinski definition) is 2. The van der Waals surface area contributed by atoms with E-state index in [1.165, 1.54) is 0 Å². The summed E-state index contributed by atoms with van der Waals surface area (Å²) in [6.45, 7) is 0. The van der Waals surface area contributed by atoms with E-state index >= 15 is 0 Å². The van der Waals surface area contributed by atoms with Gasteiger partial charge < -0.3 is 9.73 Å². The number of anilines is 1. The zero-order valence-electron chi connectivity index (χ0n) is 9.26. The van der Waals surface area contributed by atoms with E-state index in [0.29, 0.717) is 15.5 Å². The first kappa shape index (κ1) is 12.8. The molecule has 0 unspecified atom stereocenters. The van der Waals surface area contributed by atoms with Crippen molar-refractivity contribution in [3.8, 4) is 0 Å². The number of nitrogens with one attached hydrogen (secondary N) is 2. The van der Waals surface area contributed by atoms with Crippen LogP contribution in [0.4, 0.5) is 5.69 Å². The van der Waals surface area contributed by atoms with Crippen LogP contribution in [0.1, 0.15) is 5.76 Å². The number of hydrogen-bond acceptors (Lipinski definition) is 3.